The van der Waals surface area contributed by atoms with E-state index in [1.165, 1.54) is 30.5 Å². The number of hydrogen-bond donors (Lipinski definition) is 2. The molecule has 2 rings (SSSR count). The Morgan fingerprint density at radius 1 is 1.43 bits per heavy atom. The van der Waals surface area contributed by atoms with Crippen molar-refractivity contribution in [3.8, 4) is 6.07 Å². The monoisotopic (exact) mass is 307 g/mol. The van der Waals surface area contributed by atoms with Crippen molar-refractivity contribution in [1.29, 1.82) is 5.26 Å². The van der Waals surface area contributed by atoms with Crippen LogP contribution in [0, 0.1) is 21.4 Å². The highest BCUT2D eigenvalue weighted by Crippen LogP contribution is 2.21. The van der Waals surface area contributed by atoms with E-state index in [0.29, 0.717) is 0 Å². The molecule has 0 aliphatic carbocycles. The first-order valence-corrected chi connectivity index (χ1v) is 7.24. The first-order valence-electron chi connectivity index (χ1n) is 5.59. The molecule has 108 valence electrons. The molecule has 1 heterocycles. The zero-order valence-electron chi connectivity index (χ0n) is 10.5. The van der Waals surface area contributed by atoms with Crippen LogP contribution >= 0.6 is 0 Å². The minimum absolute atomic E-state index is 0.0288. The quantitative estimate of drug-likeness (QED) is 0.626. The fourth-order valence-electron chi connectivity index (χ4n) is 1.66. The van der Waals surface area contributed by atoms with Gasteiger partial charge in [-0.1, -0.05) is 18.2 Å². The summed E-state index contributed by atoms with van der Waals surface area (Å²) < 4.78 is 26.2. The van der Waals surface area contributed by atoms with E-state index in [2.05, 4.69) is 14.9 Å². The summed E-state index contributed by atoms with van der Waals surface area (Å²) in [6.07, 6.45) is 1.17. The summed E-state index contributed by atoms with van der Waals surface area (Å²) in [5.41, 5.74) is -0.206. The maximum absolute atomic E-state index is 12.0. The predicted octanol–water partition coefficient (Wildman–Crippen LogP) is 1.13. The third-order valence-electron chi connectivity index (χ3n) is 2.55. The number of anilines is 1. The molecule has 0 atom stereocenters. The van der Waals surface area contributed by atoms with Gasteiger partial charge in [-0.25, -0.2) is 8.42 Å². The highest BCUT2D eigenvalue weighted by Gasteiger charge is 2.21. The molecule has 0 saturated carbocycles. The maximum Gasteiger partial charge on any atom is 0.273 e. The van der Waals surface area contributed by atoms with E-state index < -0.39 is 20.7 Å². The van der Waals surface area contributed by atoms with E-state index in [-0.39, 0.29) is 22.6 Å². The van der Waals surface area contributed by atoms with Crippen LogP contribution < -0.4 is 4.72 Å². The minimum atomic E-state index is -3.92. The summed E-state index contributed by atoms with van der Waals surface area (Å²) >= 11 is 0. The molecule has 0 amide bonds. The highest BCUT2D eigenvalue weighted by molar-refractivity contribution is 7.91. The minimum Gasteiger partial charge on any atom is -0.266 e. The van der Waals surface area contributed by atoms with Crippen LogP contribution in [0.1, 0.15) is 11.1 Å². The summed E-state index contributed by atoms with van der Waals surface area (Å²) in [5, 5.41) is 25.5. The lowest BCUT2D eigenvalue weighted by Gasteiger charge is -2.06. The second kappa shape index (κ2) is 5.59. The van der Waals surface area contributed by atoms with Crippen molar-refractivity contribution >= 4 is 21.5 Å². The highest BCUT2D eigenvalue weighted by atomic mass is 32.2. The van der Waals surface area contributed by atoms with Crippen LogP contribution in [-0.2, 0) is 15.8 Å². The molecule has 0 radical (unpaired) electrons. The molecule has 2 N–H and O–H groups in total. The Labute approximate surface area is 119 Å². The number of nitriles is 1. The predicted molar refractivity (Wildman–Crippen MR) is 72.6 cm³/mol. The van der Waals surface area contributed by atoms with E-state index >= 15 is 0 Å². The maximum atomic E-state index is 12.0. The molecule has 1 aromatic heterocycles. The van der Waals surface area contributed by atoms with Gasteiger partial charge in [-0.2, -0.15) is 10.4 Å². The molecular weight excluding hydrogens is 298 g/mol. The lowest BCUT2D eigenvalue weighted by molar-refractivity contribution is -0.385. The molecule has 9 nitrogen and oxygen atoms in total. The third-order valence-corrected chi connectivity index (χ3v) is 3.76. The SMILES string of the molecule is N#Cc1cn[nH]c1NS(=O)(=O)Cc1ccccc1[N+](=O)[O-]. The van der Waals surface area contributed by atoms with E-state index in [0.717, 1.165) is 0 Å². The van der Waals surface area contributed by atoms with Crippen molar-refractivity contribution < 1.29 is 13.3 Å². The van der Waals surface area contributed by atoms with Gasteiger partial charge in [0.05, 0.1) is 11.1 Å². The fraction of sp³-hybridized carbons (Fsp3) is 0.0909. The number of hydrogen-bond acceptors (Lipinski definition) is 6. The second-order valence-corrected chi connectivity index (χ2v) is 5.74. The summed E-state index contributed by atoms with van der Waals surface area (Å²) in [4.78, 5) is 10.2. The number of aromatic amines is 1. The molecular formula is C11H9N5O4S. The summed E-state index contributed by atoms with van der Waals surface area (Å²) in [6, 6.07) is 7.30. The largest absolute Gasteiger partial charge is 0.273 e. The van der Waals surface area contributed by atoms with Crippen molar-refractivity contribution in [2.75, 3.05) is 4.72 Å². The van der Waals surface area contributed by atoms with E-state index in [1.807, 2.05) is 0 Å². The van der Waals surface area contributed by atoms with E-state index in [1.54, 1.807) is 6.07 Å². The summed E-state index contributed by atoms with van der Waals surface area (Å²) in [5.74, 6) is -0.662. The number of rotatable bonds is 5. The van der Waals surface area contributed by atoms with Crippen LogP contribution in [0.2, 0.25) is 0 Å². The van der Waals surface area contributed by atoms with Gasteiger partial charge in [0, 0.05) is 11.6 Å². The number of nitro groups is 1. The van der Waals surface area contributed by atoms with Crippen LogP contribution in [0.5, 0.6) is 0 Å². The second-order valence-electron chi connectivity index (χ2n) is 4.02. The Morgan fingerprint density at radius 3 is 2.81 bits per heavy atom. The molecule has 1 aromatic carbocycles. The molecule has 0 saturated heterocycles. The van der Waals surface area contributed by atoms with Crippen molar-refractivity contribution in [2.45, 2.75) is 5.75 Å². The van der Waals surface area contributed by atoms with Crippen LogP contribution in [0.15, 0.2) is 30.5 Å². The third kappa shape index (κ3) is 3.34. The van der Waals surface area contributed by atoms with Crippen LogP contribution in [0.25, 0.3) is 0 Å². The number of aromatic nitrogens is 2. The molecule has 21 heavy (non-hydrogen) atoms. The smallest absolute Gasteiger partial charge is 0.266 e. The Balaban J connectivity index is 2.27. The molecule has 10 heteroatoms. The Bertz CT molecular complexity index is 821. The number of nitrogens with one attached hydrogen (secondary N) is 2. The topological polar surface area (TPSA) is 142 Å². The number of nitrogens with zero attached hydrogens (tertiary/aromatic N) is 3. The number of nitro benzene ring substituents is 1. The molecule has 2 aromatic rings. The molecule has 0 spiro atoms. The fourth-order valence-corrected chi connectivity index (χ4v) is 2.85. The van der Waals surface area contributed by atoms with Gasteiger partial charge >= 0.3 is 0 Å². The number of sulfonamides is 1. The molecule has 0 fully saturated rings. The van der Waals surface area contributed by atoms with Crippen molar-refractivity contribution in [2.24, 2.45) is 0 Å². The van der Waals surface area contributed by atoms with Crippen molar-refractivity contribution in [3.63, 3.8) is 0 Å². The average molecular weight is 307 g/mol. The first-order chi connectivity index (χ1) is 9.93. The van der Waals surface area contributed by atoms with Crippen molar-refractivity contribution in [3.05, 3.63) is 51.7 Å². The first kappa shape index (κ1) is 14.5. The van der Waals surface area contributed by atoms with Gasteiger partial charge in [0.15, 0.2) is 5.82 Å². The standard InChI is InChI=1S/C11H9N5O4S/c12-5-9-6-13-14-11(9)15-21(19,20)7-8-3-1-2-4-10(8)16(17)18/h1-4,6H,7H2,(H2,13,14,15). The van der Waals surface area contributed by atoms with Crippen molar-refractivity contribution in [1.82, 2.24) is 10.2 Å². The van der Waals surface area contributed by atoms with Gasteiger partial charge in [0.2, 0.25) is 10.0 Å². The van der Waals surface area contributed by atoms with Gasteiger partial charge in [-0.15, -0.1) is 0 Å². The number of benzene rings is 1. The Morgan fingerprint density at radius 2 is 2.14 bits per heavy atom. The summed E-state index contributed by atoms with van der Waals surface area (Å²) in [6.45, 7) is 0. The lowest BCUT2D eigenvalue weighted by Crippen LogP contribution is -2.16. The van der Waals surface area contributed by atoms with Crippen LogP contribution in [0.3, 0.4) is 0 Å². The molecule has 0 bridgehead atoms. The lowest BCUT2D eigenvalue weighted by atomic mass is 10.2. The zero-order valence-corrected chi connectivity index (χ0v) is 11.3. The number of H-pyrrole nitrogens is 1. The molecule has 0 aliphatic heterocycles. The van der Waals surface area contributed by atoms with Gasteiger partial charge in [-0.3, -0.25) is 19.9 Å². The summed E-state index contributed by atoms with van der Waals surface area (Å²) in [7, 11) is -3.92. The zero-order chi connectivity index (χ0) is 15.5. The van der Waals surface area contributed by atoms with Gasteiger partial charge in [0.25, 0.3) is 5.69 Å². The van der Waals surface area contributed by atoms with Crippen LogP contribution in [-0.4, -0.2) is 23.5 Å². The van der Waals surface area contributed by atoms with E-state index in [4.69, 9.17) is 5.26 Å². The average Bonchev–Trinajstić information content (AvgIpc) is 2.84. The van der Waals surface area contributed by atoms with Gasteiger partial charge in [0.1, 0.15) is 17.4 Å². The Kier molecular flexibility index (Phi) is 3.86. The molecule has 0 unspecified atom stereocenters. The van der Waals surface area contributed by atoms with Gasteiger partial charge in [-0.05, 0) is 0 Å². The van der Waals surface area contributed by atoms with E-state index in [9.17, 15) is 18.5 Å². The Hall–Kier alpha value is -2.93. The van der Waals surface area contributed by atoms with Crippen LogP contribution in [0.4, 0.5) is 11.5 Å². The normalized spacial score (nSPS) is 10.8. The van der Waals surface area contributed by atoms with Gasteiger partial charge < -0.3 is 0 Å². The molecule has 0 aliphatic rings. The number of para-hydroxylation sites is 1.